The van der Waals surface area contributed by atoms with Crippen molar-refractivity contribution >= 4 is 11.4 Å². The van der Waals surface area contributed by atoms with Crippen molar-refractivity contribution in [2.75, 3.05) is 0 Å². The molecule has 2 nitrogen and oxygen atoms in total. The number of hydrogen-bond donors (Lipinski definition) is 1. The van der Waals surface area contributed by atoms with Crippen LogP contribution in [0.25, 0.3) is 0 Å². The lowest BCUT2D eigenvalue weighted by Crippen LogP contribution is -2.40. The molecule has 1 aromatic rings. The second-order valence-electron chi connectivity index (χ2n) is 7.53. The van der Waals surface area contributed by atoms with Gasteiger partial charge in [0.25, 0.3) is 5.92 Å². The summed E-state index contributed by atoms with van der Waals surface area (Å²) in [6.45, 7) is 7.02. The van der Waals surface area contributed by atoms with Gasteiger partial charge in [0.2, 0.25) is 0 Å². The average molecular weight is 361 g/mol. The Morgan fingerprint density at radius 3 is 2.33 bits per heavy atom. The molecule has 0 aromatic heterocycles. The summed E-state index contributed by atoms with van der Waals surface area (Å²) >= 11 is -1.41. The Morgan fingerprint density at radius 2 is 1.79 bits per heavy atom. The monoisotopic (exact) mass is 361 g/mol. The number of hydrogen-bond acceptors (Lipinski definition) is 2. The van der Waals surface area contributed by atoms with E-state index in [-0.39, 0.29) is 5.56 Å². The van der Waals surface area contributed by atoms with Crippen LogP contribution < -0.4 is 4.72 Å². The van der Waals surface area contributed by atoms with Gasteiger partial charge in [-0.3, -0.25) is 0 Å². The summed E-state index contributed by atoms with van der Waals surface area (Å²) in [6, 6.07) is 3.48. The van der Waals surface area contributed by atoms with Crippen LogP contribution >= 0.6 is 0 Å². The molecule has 0 radical (unpaired) electrons. The minimum Gasteiger partial charge on any atom is -0.598 e. The molecule has 0 bridgehead atoms. The van der Waals surface area contributed by atoms with Crippen LogP contribution in [0, 0.1) is 11.7 Å². The highest BCUT2D eigenvalue weighted by Gasteiger charge is 2.45. The van der Waals surface area contributed by atoms with E-state index in [0.29, 0.717) is 12.8 Å². The maximum atomic E-state index is 14.8. The zero-order chi connectivity index (χ0) is 18.1. The number of nitrogens with one attached hydrogen (secondary N) is 1. The zero-order valence-corrected chi connectivity index (χ0v) is 15.5. The largest absolute Gasteiger partial charge is 0.598 e. The standard InChI is InChI=1S/C18H26F3NOS/c1-12(22-24(23)17(2,3)4)14-10-7-11-15(16(14)19)18(20,21)13-8-5-6-9-13/h7,10-13,22H,5-6,8-9H2,1-4H3/t12-,24-/m1/s1. The van der Waals surface area contributed by atoms with Crippen molar-refractivity contribution in [3.8, 4) is 0 Å². The van der Waals surface area contributed by atoms with Crippen LogP contribution in [0.4, 0.5) is 13.2 Å². The lowest BCUT2D eigenvalue weighted by molar-refractivity contribution is -0.0655. The minimum atomic E-state index is -3.17. The van der Waals surface area contributed by atoms with Crippen molar-refractivity contribution in [2.24, 2.45) is 5.92 Å². The SMILES string of the molecule is C[C@@H](N[S@+]([O-])C(C)(C)C)c1cccc(C(F)(F)C2CCCC2)c1F. The summed E-state index contributed by atoms with van der Waals surface area (Å²) in [7, 11) is 0. The fourth-order valence-electron chi connectivity index (χ4n) is 3.05. The third-order valence-corrected chi connectivity index (χ3v) is 6.24. The second-order valence-corrected chi connectivity index (χ2v) is 9.53. The first kappa shape index (κ1) is 19.6. The first-order valence-corrected chi connectivity index (χ1v) is 9.55. The molecule has 136 valence electrons. The third kappa shape index (κ3) is 4.09. The number of benzene rings is 1. The van der Waals surface area contributed by atoms with E-state index in [4.69, 9.17) is 0 Å². The summed E-state index contributed by atoms with van der Waals surface area (Å²) in [5, 5.41) is 0. The topological polar surface area (TPSA) is 35.1 Å². The maximum Gasteiger partial charge on any atom is 0.278 e. The first-order chi connectivity index (χ1) is 11.0. The molecule has 0 aliphatic heterocycles. The molecule has 24 heavy (non-hydrogen) atoms. The third-order valence-electron chi connectivity index (χ3n) is 4.56. The van der Waals surface area contributed by atoms with Gasteiger partial charge in [0.1, 0.15) is 10.6 Å². The maximum absolute atomic E-state index is 14.8. The minimum absolute atomic E-state index is 0.128. The van der Waals surface area contributed by atoms with Gasteiger partial charge >= 0.3 is 0 Å². The van der Waals surface area contributed by atoms with E-state index < -0.39 is 45.4 Å². The van der Waals surface area contributed by atoms with E-state index in [1.54, 1.807) is 27.7 Å². The molecule has 0 unspecified atom stereocenters. The number of halogens is 3. The summed E-state index contributed by atoms with van der Waals surface area (Å²) in [6.07, 6.45) is 2.39. The Kier molecular flexibility index (Phi) is 5.93. The molecule has 0 heterocycles. The molecule has 6 heteroatoms. The Balaban J connectivity index is 2.27. The molecule has 1 aromatic carbocycles. The van der Waals surface area contributed by atoms with Gasteiger partial charge in [-0.1, -0.05) is 31.0 Å². The summed E-state index contributed by atoms with van der Waals surface area (Å²) in [5.41, 5.74) is -0.412. The van der Waals surface area contributed by atoms with Gasteiger partial charge in [-0.05, 0) is 40.5 Å². The number of rotatable bonds is 5. The molecule has 0 saturated heterocycles. The predicted octanol–water partition coefficient (Wildman–Crippen LogP) is 5.22. The van der Waals surface area contributed by atoms with E-state index in [1.807, 2.05) is 0 Å². The van der Waals surface area contributed by atoms with E-state index >= 15 is 0 Å². The van der Waals surface area contributed by atoms with E-state index in [1.165, 1.54) is 18.2 Å². The molecule has 0 spiro atoms. The van der Waals surface area contributed by atoms with E-state index in [9.17, 15) is 17.7 Å². The number of alkyl halides is 2. The fraction of sp³-hybridized carbons (Fsp3) is 0.667. The van der Waals surface area contributed by atoms with Crippen LogP contribution in [-0.4, -0.2) is 9.30 Å². The summed E-state index contributed by atoms with van der Waals surface area (Å²) < 4.78 is 58.7. The second kappa shape index (κ2) is 7.26. The van der Waals surface area contributed by atoms with Crippen LogP contribution in [0.3, 0.4) is 0 Å². The molecule has 1 fully saturated rings. The van der Waals surface area contributed by atoms with E-state index in [0.717, 1.165) is 12.8 Å². The van der Waals surface area contributed by atoms with Crippen molar-refractivity contribution in [2.45, 2.75) is 70.1 Å². The van der Waals surface area contributed by atoms with Crippen molar-refractivity contribution < 1.29 is 17.7 Å². The smallest absolute Gasteiger partial charge is 0.278 e. The normalized spacial score (nSPS) is 19.5. The van der Waals surface area contributed by atoms with Crippen LogP contribution in [0.5, 0.6) is 0 Å². The molecule has 1 aliphatic rings. The lowest BCUT2D eigenvalue weighted by Gasteiger charge is -2.28. The van der Waals surface area contributed by atoms with Gasteiger partial charge in [0.15, 0.2) is 0 Å². The molecular formula is C18H26F3NOS. The van der Waals surface area contributed by atoms with Crippen LogP contribution in [0.1, 0.15) is 70.5 Å². The summed E-state index contributed by atoms with van der Waals surface area (Å²) in [4.78, 5) is 0. The average Bonchev–Trinajstić information content (AvgIpc) is 3.01. The van der Waals surface area contributed by atoms with Crippen LogP contribution in [0.2, 0.25) is 0 Å². The highest BCUT2D eigenvalue weighted by atomic mass is 32.2. The molecule has 2 rings (SSSR count). The van der Waals surface area contributed by atoms with Crippen molar-refractivity contribution in [1.82, 2.24) is 4.72 Å². The predicted molar refractivity (Wildman–Crippen MR) is 91.7 cm³/mol. The molecule has 1 N–H and O–H groups in total. The highest BCUT2D eigenvalue weighted by Crippen LogP contribution is 2.46. The molecule has 2 atom stereocenters. The Hall–Kier alpha value is -0.720. The molecule has 0 amide bonds. The first-order valence-electron chi connectivity index (χ1n) is 8.40. The summed E-state index contributed by atoms with van der Waals surface area (Å²) in [5.74, 6) is -4.85. The van der Waals surface area contributed by atoms with Crippen molar-refractivity contribution in [3.05, 3.63) is 35.1 Å². The highest BCUT2D eigenvalue weighted by molar-refractivity contribution is 7.90. The van der Waals surface area contributed by atoms with Gasteiger partial charge in [0.05, 0.1) is 11.6 Å². The quantitative estimate of drug-likeness (QED) is 0.730. The Morgan fingerprint density at radius 1 is 1.21 bits per heavy atom. The Labute approximate surface area is 145 Å². The van der Waals surface area contributed by atoms with Gasteiger partial charge in [-0.25, -0.2) is 13.2 Å². The van der Waals surface area contributed by atoms with Crippen molar-refractivity contribution in [3.63, 3.8) is 0 Å². The Bertz CT molecular complexity index is 568. The van der Waals surface area contributed by atoms with Crippen LogP contribution in [-0.2, 0) is 17.3 Å². The van der Waals surface area contributed by atoms with Gasteiger partial charge in [-0.15, -0.1) is 4.72 Å². The van der Waals surface area contributed by atoms with Gasteiger partial charge in [0, 0.05) is 22.8 Å². The van der Waals surface area contributed by atoms with Crippen molar-refractivity contribution in [1.29, 1.82) is 0 Å². The van der Waals surface area contributed by atoms with Gasteiger partial charge < -0.3 is 4.55 Å². The zero-order valence-electron chi connectivity index (χ0n) is 14.7. The van der Waals surface area contributed by atoms with E-state index in [2.05, 4.69) is 4.72 Å². The fourth-order valence-corrected chi connectivity index (χ4v) is 3.85. The van der Waals surface area contributed by atoms with Gasteiger partial charge in [-0.2, -0.15) is 0 Å². The molecule has 1 aliphatic carbocycles. The molecule has 1 saturated carbocycles. The van der Waals surface area contributed by atoms with Crippen LogP contribution in [0.15, 0.2) is 18.2 Å². The molecular weight excluding hydrogens is 335 g/mol. The lowest BCUT2D eigenvalue weighted by atomic mass is 9.91.